The van der Waals surface area contributed by atoms with E-state index in [-0.39, 0.29) is 0 Å². The average molecular weight is 390 g/mol. The SMILES string of the molecule is COc1ccc(CCNc2ccnc(Nc3ccc(N4CCCC4)cc3)n2)cc1. The summed E-state index contributed by atoms with van der Waals surface area (Å²) in [5.41, 5.74) is 3.52. The van der Waals surface area contributed by atoms with Gasteiger partial charge in [-0.2, -0.15) is 4.98 Å². The standard InChI is InChI=1S/C23H27N5O/c1-29-21-10-4-18(5-11-21)12-14-24-22-13-15-25-23(27-22)26-19-6-8-20(9-7-19)28-16-2-3-17-28/h4-11,13,15H,2-3,12,14,16-17H2,1H3,(H2,24,25,26,27). The van der Waals surface area contributed by atoms with E-state index in [2.05, 4.69) is 61.9 Å². The number of ether oxygens (including phenoxy) is 1. The molecule has 3 aromatic rings. The second kappa shape index (κ2) is 9.28. The summed E-state index contributed by atoms with van der Waals surface area (Å²) in [5.74, 6) is 2.28. The molecule has 2 heterocycles. The first-order chi connectivity index (χ1) is 14.3. The number of rotatable bonds is 8. The molecule has 0 amide bonds. The molecule has 29 heavy (non-hydrogen) atoms. The van der Waals surface area contributed by atoms with Gasteiger partial charge in [0.15, 0.2) is 0 Å². The molecule has 2 N–H and O–H groups in total. The third kappa shape index (κ3) is 5.16. The van der Waals surface area contributed by atoms with Crippen LogP contribution >= 0.6 is 0 Å². The van der Waals surface area contributed by atoms with Gasteiger partial charge in [-0.25, -0.2) is 4.98 Å². The fourth-order valence-electron chi connectivity index (χ4n) is 3.50. The molecule has 0 unspecified atom stereocenters. The van der Waals surface area contributed by atoms with Crippen LogP contribution in [0.1, 0.15) is 18.4 Å². The van der Waals surface area contributed by atoms with Gasteiger partial charge in [-0.1, -0.05) is 12.1 Å². The van der Waals surface area contributed by atoms with Crippen molar-refractivity contribution in [2.24, 2.45) is 0 Å². The van der Waals surface area contributed by atoms with E-state index in [0.717, 1.165) is 43.3 Å². The highest BCUT2D eigenvalue weighted by molar-refractivity contribution is 5.60. The highest BCUT2D eigenvalue weighted by Gasteiger charge is 2.11. The molecule has 1 aliphatic rings. The van der Waals surface area contributed by atoms with E-state index in [1.54, 1.807) is 13.3 Å². The molecule has 0 spiro atoms. The summed E-state index contributed by atoms with van der Waals surface area (Å²) in [6.07, 6.45) is 5.25. The fourth-order valence-corrected chi connectivity index (χ4v) is 3.50. The topological polar surface area (TPSA) is 62.3 Å². The molecule has 1 aromatic heterocycles. The van der Waals surface area contributed by atoms with Crippen LogP contribution in [0.15, 0.2) is 60.8 Å². The molecular weight excluding hydrogens is 362 g/mol. The lowest BCUT2D eigenvalue weighted by Gasteiger charge is -2.17. The Bertz CT molecular complexity index is 905. The fraction of sp³-hybridized carbons (Fsp3) is 0.304. The number of nitrogens with zero attached hydrogens (tertiary/aromatic N) is 3. The Hall–Kier alpha value is -3.28. The first-order valence-corrected chi connectivity index (χ1v) is 10.1. The summed E-state index contributed by atoms with van der Waals surface area (Å²) in [6, 6.07) is 18.5. The second-order valence-electron chi connectivity index (χ2n) is 7.16. The lowest BCUT2D eigenvalue weighted by molar-refractivity contribution is 0.414. The van der Waals surface area contributed by atoms with Gasteiger partial charge in [0.05, 0.1) is 7.11 Å². The van der Waals surface area contributed by atoms with Crippen molar-refractivity contribution in [1.82, 2.24) is 9.97 Å². The number of aromatic nitrogens is 2. The van der Waals surface area contributed by atoms with Crippen molar-refractivity contribution in [2.75, 3.05) is 42.3 Å². The quantitative estimate of drug-likeness (QED) is 0.592. The minimum Gasteiger partial charge on any atom is -0.497 e. The van der Waals surface area contributed by atoms with Crippen LogP contribution in [0.2, 0.25) is 0 Å². The van der Waals surface area contributed by atoms with Crippen molar-refractivity contribution in [3.05, 3.63) is 66.4 Å². The minimum atomic E-state index is 0.591. The predicted molar refractivity (Wildman–Crippen MR) is 118 cm³/mol. The highest BCUT2D eigenvalue weighted by Crippen LogP contribution is 2.23. The first-order valence-electron chi connectivity index (χ1n) is 10.1. The van der Waals surface area contributed by atoms with Crippen LogP contribution in [0.25, 0.3) is 0 Å². The maximum Gasteiger partial charge on any atom is 0.229 e. The molecule has 4 rings (SSSR count). The van der Waals surface area contributed by atoms with E-state index in [0.29, 0.717) is 5.95 Å². The number of nitrogens with one attached hydrogen (secondary N) is 2. The van der Waals surface area contributed by atoms with Crippen LogP contribution in [-0.4, -0.2) is 36.7 Å². The van der Waals surface area contributed by atoms with Gasteiger partial charge < -0.3 is 20.3 Å². The van der Waals surface area contributed by atoms with Crippen LogP contribution in [0.4, 0.5) is 23.1 Å². The Morgan fingerprint density at radius 1 is 0.966 bits per heavy atom. The zero-order valence-corrected chi connectivity index (χ0v) is 16.8. The maximum atomic E-state index is 5.20. The predicted octanol–water partition coefficient (Wildman–Crippen LogP) is 4.48. The molecule has 0 radical (unpaired) electrons. The van der Waals surface area contributed by atoms with E-state index in [1.165, 1.54) is 24.1 Å². The summed E-state index contributed by atoms with van der Waals surface area (Å²) in [6.45, 7) is 3.10. The number of benzene rings is 2. The number of hydrogen-bond acceptors (Lipinski definition) is 6. The number of hydrogen-bond donors (Lipinski definition) is 2. The Kier molecular flexibility index (Phi) is 6.10. The van der Waals surface area contributed by atoms with E-state index < -0.39 is 0 Å². The largest absolute Gasteiger partial charge is 0.497 e. The smallest absolute Gasteiger partial charge is 0.229 e. The monoisotopic (exact) mass is 389 g/mol. The number of methoxy groups -OCH3 is 1. The number of anilines is 4. The molecule has 0 aliphatic carbocycles. The summed E-state index contributed by atoms with van der Waals surface area (Å²) >= 11 is 0. The molecular formula is C23H27N5O. The molecule has 2 aromatic carbocycles. The van der Waals surface area contributed by atoms with Gasteiger partial charge in [-0.15, -0.1) is 0 Å². The van der Waals surface area contributed by atoms with Crippen molar-refractivity contribution in [2.45, 2.75) is 19.3 Å². The normalized spacial score (nSPS) is 13.3. The molecule has 6 heteroatoms. The lowest BCUT2D eigenvalue weighted by atomic mass is 10.1. The van der Waals surface area contributed by atoms with Crippen LogP contribution in [0, 0.1) is 0 Å². The molecule has 0 atom stereocenters. The molecule has 1 saturated heterocycles. The van der Waals surface area contributed by atoms with Gasteiger partial charge in [0.1, 0.15) is 11.6 Å². The van der Waals surface area contributed by atoms with E-state index >= 15 is 0 Å². The van der Waals surface area contributed by atoms with Crippen molar-refractivity contribution in [3.8, 4) is 5.75 Å². The summed E-state index contributed by atoms with van der Waals surface area (Å²) in [4.78, 5) is 11.3. The van der Waals surface area contributed by atoms with E-state index in [9.17, 15) is 0 Å². The van der Waals surface area contributed by atoms with Crippen molar-refractivity contribution >= 4 is 23.1 Å². The molecule has 0 bridgehead atoms. The van der Waals surface area contributed by atoms with Crippen LogP contribution in [0.3, 0.4) is 0 Å². The Morgan fingerprint density at radius 2 is 1.72 bits per heavy atom. The zero-order valence-electron chi connectivity index (χ0n) is 16.8. The molecule has 1 fully saturated rings. The Morgan fingerprint density at radius 3 is 2.45 bits per heavy atom. The second-order valence-corrected chi connectivity index (χ2v) is 7.16. The van der Waals surface area contributed by atoms with Gasteiger partial charge in [-0.3, -0.25) is 0 Å². The van der Waals surface area contributed by atoms with Gasteiger partial charge in [0.2, 0.25) is 5.95 Å². The average Bonchev–Trinajstić information content (AvgIpc) is 3.30. The molecule has 1 aliphatic heterocycles. The zero-order chi connectivity index (χ0) is 19.9. The summed E-state index contributed by atoms with van der Waals surface area (Å²) in [5, 5.41) is 6.65. The van der Waals surface area contributed by atoms with E-state index in [4.69, 9.17) is 4.74 Å². The maximum absolute atomic E-state index is 5.20. The van der Waals surface area contributed by atoms with Crippen molar-refractivity contribution in [3.63, 3.8) is 0 Å². The van der Waals surface area contributed by atoms with Gasteiger partial charge in [-0.05, 0) is 67.3 Å². The Labute approximate surface area is 172 Å². The van der Waals surface area contributed by atoms with Gasteiger partial charge in [0.25, 0.3) is 0 Å². The van der Waals surface area contributed by atoms with E-state index in [1.807, 2.05) is 18.2 Å². The van der Waals surface area contributed by atoms with Gasteiger partial charge >= 0.3 is 0 Å². The summed E-state index contributed by atoms with van der Waals surface area (Å²) < 4.78 is 5.20. The van der Waals surface area contributed by atoms with Crippen molar-refractivity contribution in [1.29, 1.82) is 0 Å². The third-order valence-corrected chi connectivity index (χ3v) is 5.13. The van der Waals surface area contributed by atoms with Crippen LogP contribution in [-0.2, 0) is 6.42 Å². The first kappa shape index (κ1) is 19.1. The van der Waals surface area contributed by atoms with Crippen LogP contribution in [0.5, 0.6) is 5.75 Å². The molecule has 150 valence electrons. The molecule has 6 nitrogen and oxygen atoms in total. The molecule has 0 saturated carbocycles. The highest BCUT2D eigenvalue weighted by atomic mass is 16.5. The summed E-state index contributed by atoms with van der Waals surface area (Å²) in [7, 11) is 1.68. The van der Waals surface area contributed by atoms with Crippen LogP contribution < -0.4 is 20.3 Å². The van der Waals surface area contributed by atoms with Gasteiger partial charge in [0, 0.05) is 37.2 Å². The minimum absolute atomic E-state index is 0.591. The Balaban J connectivity index is 1.30. The third-order valence-electron chi connectivity index (χ3n) is 5.13. The van der Waals surface area contributed by atoms with Crippen molar-refractivity contribution < 1.29 is 4.74 Å². The lowest BCUT2D eigenvalue weighted by Crippen LogP contribution is -2.17.